The molecule has 0 aromatic carbocycles. The van der Waals surface area contributed by atoms with E-state index in [2.05, 4.69) is 51.0 Å². The van der Waals surface area contributed by atoms with Crippen molar-refractivity contribution in [1.82, 2.24) is 20.1 Å². The van der Waals surface area contributed by atoms with Crippen molar-refractivity contribution in [2.45, 2.75) is 26.7 Å². The highest BCUT2D eigenvalue weighted by Crippen LogP contribution is 2.19. The third-order valence-corrected chi connectivity index (χ3v) is 5.54. The number of piperazine rings is 1. The van der Waals surface area contributed by atoms with Crippen LogP contribution in [-0.4, -0.2) is 79.6 Å². The summed E-state index contributed by atoms with van der Waals surface area (Å²) in [5.41, 5.74) is 0. The SMILES string of the molecule is CC(C)CNC(=O)CN1CCCC(CN2CCN(c3ccccn3)CC2)C1. The molecule has 1 amide bonds. The van der Waals surface area contributed by atoms with E-state index in [9.17, 15) is 4.79 Å². The van der Waals surface area contributed by atoms with Crippen LogP contribution in [-0.2, 0) is 4.79 Å². The van der Waals surface area contributed by atoms with E-state index >= 15 is 0 Å². The van der Waals surface area contributed by atoms with Gasteiger partial charge in [0.15, 0.2) is 0 Å². The van der Waals surface area contributed by atoms with Gasteiger partial charge in [-0.1, -0.05) is 19.9 Å². The number of hydrogen-bond acceptors (Lipinski definition) is 5. The lowest BCUT2D eigenvalue weighted by Crippen LogP contribution is -2.50. The summed E-state index contributed by atoms with van der Waals surface area (Å²) in [6, 6.07) is 6.12. The Morgan fingerprint density at radius 1 is 1.19 bits per heavy atom. The Kier molecular flexibility index (Phi) is 7.47. The van der Waals surface area contributed by atoms with Crippen LogP contribution in [0.25, 0.3) is 0 Å². The van der Waals surface area contributed by atoms with Gasteiger partial charge in [0.05, 0.1) is 6.54 Å². The number of nitrogens with one attached hydrogen (secondary N) is 1. The average molecular weight is 374 g/mol. The first kappa shape index (κ1) is 20.1. The molecule has 1 unspecified atom stereocenters. The van der Waals surface area contributed by atoms with Crippen molar-refractivity contribution in [3.63, 3.8) is 0 Å². The number of piperidine rings is 1. The molecule has 3 heterocycles. The van der Waals surface area contributed by atoms with E-state index in [0.717, 1.165) is 58.2 Å². The Morgan fingerprint density at radius 3 is 2.70 bits per heavy atom. The molecule has 0 spiro atoms. The lowest BCUT2D eigenvalue weighted by Gasteiger charge is -2.39. The molecule has 6 heteroatoms. The molecule has 2 aliphatic heterocycles. The van der Waals surface area contributed by atoms with Gasteiger partial charge in [0, 0.05) is 52.0 Å². The molecule has 0 radical (unpaired) electrons. The third kappa shape index (κ3) is 6.47. The van der Waals surface area contributed by atoms with E-state index in [-0.39, 0.29) is 5.91 Å². The third-order valence-electron chi connectivity index (χ3n) is 5.54. The van der Waals surface area contributed by atoms with Crippen LogP contribution in [0, 0.1) is 11.8 Å². The standard InChI is InChI=1S/C21H35N5O/c1-18(2)14-23-21(27)17-25-9-5-6-19(16-25)15-24-10-12-26(13-11-24)20-7-3-4-8-22-20/h3-4,7-8,18-19H,5-6,9-17H2,1-2H3,(H,23,27). The lowest BCUT2D eigenvalue weighted by molar-refractivity contribution is -0.122. The van der Waals surface area contributed by atoms with Crippen LogP contribution in [0.4, 0.5) is 5.82 Å². The molecule has 2 fully saturated rings. The molecule has 1 aromatic heterocycles. The first-order valence-electron chi connectivity index (χ1n) is 10.5. The molecular formula is C21H35N5O. The predicted molar refractivity (Wildman–Crippen MR) is 110 cm³/mol. The molecule has 150 valence electrons. The van der Waals surface area contributed by atoms with Crippen LogP contribution < -0.4 is 10.2 Å². The second-order valence-corrected chi connectivity index (χ2v) is 8.42. The predicted octanol–water partition coefficient (Wildman–Crippen LogP) is 1.69. The van der Waals surface area contributed by atoms with E-state index in [1.165, 1.54) is 12.8 Å². The largest absolute Gasteiger partial charge is 0.355 e. The van der Waals surface area contributed by atoms with Crippen LogP contribution in [0.5, 0.6) is 0 Å². The molecule has 3 rings (SSSR count). The monoisotopic (exact) mass is 373 g/mol. The summed E-state index contributed by atoms with van der Waals surface area (Å²) in [4.78, 5) is 23.9. The normalized spacial score (nSPS) is 22.2. The van der Waals surface area contributed by atoms with Crippen molar-refractivity contribution >= 4 is 11.7 Å². The number of pyridine rings is 1. The van der Waals surface area contributed by atoms with Crippen LogP contribution in [0.2, 0.25) is 0 Å². The molecule has 1 aromatic rings. The first-order chi connectivity index (χ1) is 13.1. The zero-order valence-electron chi connectivity index (χ0n) is 16.9. The maximum Gasteiger partial charge on any atom is 0.234 e. The molecule has 6 nitrogen and oxygen atoms in total. The Balaban J connectivity index is 1.39. The maximum absolute atomic E-state index is 12.1. The molecule has 0 aliphatic carbocycles. The van der Waals surface area contributed by atoms with Crippen LogP contribution >= 0.6 is 0 Å². The van der Waals surface area contributed by atoms with Gasteiger partial charge in [0.2, 0.25) is 5.91 Å². The number of carbonyl (C=O) groups excluding carboxylic acids is 1. The van der Waals surface area contributed by atoms with Gasteiger partial charge < -0.3 is 10.2 Å². The highest BCUT2D eigenvalue weighted by Gasteiger charge is 2.25. The van der Waals surface area contributed by atoms with E-state index in [1.807, 2.05) is 12.3 Å². The first-order valence-corrected chi connectivity index (χ1v) is 10.5. The number of aromatic nitrogens is 1. The van der Waals surface area contributed by atoms with Crippen molar-refractivity contribution in [2.75, 3.05) is 63.8 Å². The molecule has 2 aliphatic rings. The lowest BCUT2D eigenvalue weighted by atomic mass is 9.97. The minimum absolute atomic E-state index is 0.174. The average Bonchev–Trinajstić information content (AvgIpc) is 2.68. The molecule has 0 bridgehead atoms. The van der Waals surface area contributed by atoms with Crippen LogP contribution in [0.15, 0.2) is 24.4 Å². The highest BCUT2D eigenvalue weighted by atomic mass is 16.2. The van der Waals surface area contributed by atoms with Crippen molar-refractivity contribution in [1.29, 1.82) is 0 Å². The fourth-order valence-corrected chi connectivity index (χ4v) is 4.09. The van der Waals surface area contributed by atoms with Crippen LogP contribution in [0.3, 0.4) is 0 Å². The Labute approximate surface area is 163 Å². The van der Waals surface area contributed by atoms with Gasteiger partial charge in [-0.25, -0.2) is 4.98 Å². The van der Waals surface area contributed by atoms with E-state index in [4.69, 9.17) is 0 Å². The van der Waals surface area contributed by atoms with E-state index in [1.54, 1.807) is 0 Å². The summed E-state index contributed by atoms with van der Waals surface area (Å²) in [6.07, 6.45) is 4.36. The Bertz CT molecular complexity index is 571. The summed E-state index contributed by atoms with van der Waals surface area (Å²) in [5, 5.41) is 3.04. The van der Waals surface area contributed by atoms with E-state index < -0.39 is 0 Å². The number of carbonyl (C=O) groups is 1. The molecule has 1 atom stereocenters. The van der Waals surface area contributed by atoms with Crippen LogP contribution in [0.1, 0.15) is 26.7 Å². The Hall–Kier alpha value is -1.66. The minimum Gasteiger partial charge on any atom is -0.355 e. The van der Waals surface area contributed by atoms with Crippen molar-refractivity contribution in [3.05, 3.63) is 24.4 Å². The smallest absolute Gasteiger partial charge is 0.234 e. The van der Waals surface area contributed by atoms with Crippen molar-refractivity contribution in [2.24, 2.45) is 11.8 Å². The molecular weight excluding hydrogens is 338 g/mol. The fourth-order valence-electron chi connectivity index (χ4n) is 4.09. The van der Waals surface area contributed by atoms with Gasteiger partial charge in [-0.15, -0.1) is 0 Å². The van der Waals surface area contributed by atoms with E-state index in [0.29, 0.717) is 18.4 Å². The van der Waals surface area contributed by atoms with Crippen molar-refractivity contribution in [3.8, 4) is 0 Å². The molecule has 1 N–H and O–H groups in total. The summed E-state index contributed by atoms with van der Waals surface area (Å²) < 4.78 is 0. The number of amides is 1. The summed E-state index contributed by atoms with van der Waals surface area (Å²) in [6.45, 7) is 13.1. The topological polar surface area (TPSA) is 51.7 Å². The highest BCUT2D eigenvalue weighted by molar-refractivity contribution is 5.78. The summed E-state index contributed by atoms with van der Waals surface area (Å²) in [5.74, 6) is 2.45. The van der Waals surface area contributed by atoms with Gasteiger partial charge in [-0.05, 0) is 43.4 Å². The zero-order valence-corrected chi connectivity index (χ0v) is 16.9. The molecule has 2 saturated heterocycles. The number of hydrogen-bond donors (Lipinski definition) is 1. The second-order valence-electron chi connectivity index (χ2n) is 8.42. The number of rotatable bonds is 7. The van der Waals surface area contributed by atoms with Gasteiger partial charge in [0.25, 0.3) is 0 Å². The second kappa shape index (κ2) is 10.0. The molecule has 27 heavy (non-hydrogen) atoms. The fraction of sp³-hybridized carbons (Fsp3) is 0.714. The Morgan fingerprint density at radius 2 is 2.00 bits per heavy atom. The number of nitrogens with zero attached hydrogens (tertiary/aromatic N) is 4. The quantitative estimate of drug-likeness (QED) is 0.788. The summed E-state index contributed by atoms with van der Waals surface area (Å²) in [7, 11) is 0. The minimum atomic E-state index is 0.174. The van der Waals surface area contributed by atoms with Gasteiger partial charge >= 0.3 is 0 Å². The summed E-state index contributed by atoms with van der Waals surface area (Å²) >= 11 is 0. The zero-order chi connectivity index (χ0) is 19.1. The number of likely N-dealkylation sites (tertiary alicyclic amines) is 1. The van der Waals surface area contributed by atoms with Gasteiger partial charge in [-0.3, -0.25) is 14.6 Å². The maximum atomic E-state index is 12.1. The molecule has 0 saturated carbocycles. The van der Waals surface area contributed by atoms with Crippen molar-refractivity contribution < 1.29 is 4.79 Å². The van der Waals surface area contributed by atoms with Gasteiger partial charge in [-0.2, -0.15) is 0 Å². The van der Waals surface area contributed by atoms with Gasteiger partial charge in [0.1, 0.15) is 5.82 Å². The number of anilines is 1.